The molecule has 9 heteroatoms. The maximum atomic E-state index is 12.9. The Hall–Kier alpha value is -2.09. The Balaban J connectivity index is 2.56. The summed E-state index contributed by atoms with van der Waals surface area (Å²) in [7, 11) is -4.05. The Morgan fingerprint density at radius 1 is 1.17 bits per heavy atom. The van der Waals surface area contributed by atoms with E-state index >= 15 is 0 Å². The van der Waals surface area contributed by atoms with Crippen LogP contribution in [0.2, 0.25) is 10.0 Å². The number of hydrogen-bond acceptors (Lipinski definition) is 4. The molecule has 0 saturated heterocycles. The zero-order chi connectivity index (χ0) is 17.9. The Morgan fingerprint density at radius 3 is 2.46 bits per heavy atom. The van der Waals surface area contributed by atoms with Gasteiger partial charge in [-0.15, -0.1) is 6.58 Å². The van der Waals surface area contributed by atoms with E-state index in [1.54, 1.807) is 0 Å². The van der Waals surface area contributed by atoms with E-state index in [2.05, 4.69) is 6.58 Å². The van der Waals surface area contributed by atoms with Crippen LogP contribution >= 0.6 is 23.2 Å². The van der Waals surface area contributed by atoms with E-state index < -0.39 is 14.9 Å². The van der Waals surface area contributed by atoms with Crippen LogP contribution < -0.4 is 4.31 Å². The smallest absolute Gasteiger partial charge is 0.262 e. The summed E-state index contributed by atoms with van der Waals surface area (Å²) >= 11 is 11.8. The number of nitro groups is 1. The maximum absolute atomic E-state index is 12.9. The average Bonchev–Trinajstić information content (AvgIpc) is 2.55. The predicted molar refractivity (Wildman–Crippen MR) is 94.3 cm³/mol. The van der Waals surface area contributed by atoms with Crippen molar-refractivity contribution in [2.24, 2.45) is 0 Å². The van der Waals surface area contributed by atoms with Crippen LogP contribution in [0.4, 0.5) is 11.4 Å². The summed E-state index contributed by atoms with van der Waals surface area (Å²) in [5.74, 6) is 0. The molecule has 0 bridgehead atoms. The van der Waals surface area contributed by atoms with Gasteiger partial charge in [-0.1, -0.05) is 35.3 Å². The SMILES string of the molecule is C=CCN(c1ccc(Cl)c(Cl)c1)S(=O)(=O)c1cccc([N+](=O)[O-])c1. The van der Waals surface area contributed by atoms with Crippen LogP contribution in [0, 0.1) is 10.1 Å². The molecule has 126 valence electrons. The molecule has 0 heterocycles. The Bertz CT molecular complexity index is 900. The average molecular weight is 387 g/mol. The number of hydrogen-bond donors (Lipinski definition) is 0. The van der Waals surface area contributed by atoms with Crippen LogP contribution in [-0.4, -0.2) is 19.9 Å². The molecule has 2 aromatic carbocycles. The summed E-state index contributed by atoms with van der Waals surface area (Å²) in [6.45, 7) is 3.51. The minimum atomic E-state index is -4.05. The molecule has 0 N–H and O–H groups in total. The number of benzene rings is 2. The third kappa shape index (κ3) is 3.69. The lowest BCUT2D eigenvalue weighted by Gasteiger charge is -2.23. The van der Waals surface area contributed by atoms with Crippen LogP contribution in [0.15, 0.2) is 60.0 Å². The third-order valence-electron chi connectivity index (χ3n) is 3.10. The molecule has 2 aromatic rings. The van der Waals surface area contributed by atoms with E-state index in [4.69, 9.17) is 23.2 Å². The van der Waals surface area contributed by atoms with Gasteiger partial charge >= 0.3 is 0 Å². The van der Waals surface area contributed by atoms with Crippen LogP contribution in [0.25, 0.3) is 0 Å². The highest BCUT2D eigenvalue weighted by molar-refractivity contribution is 7.92. The van der Waals surface area contributed by atoms with Gasteiger partial charge in [0.25, 0.3) is 15.7 Å². The van der Waals surface area contributed by atoms with Crippen LogP contribution in [0.5, 0.6) is 0 Å². The van der Waals surface area contributed by atoms with E-state index in [0.29, 0.717) is 0 Å². The number of non-ortho nitro benzene ring substituents is 1. The number of rotatable bonds is 6. The normalized spacial score (nSPS) is 11.1. The van der Waals surface area contributed by atoms with Gasteiger partial charge in [0.05, 0.1) is 32.1 Å². The summed E-state index contributed by atoms with van der Waals surface area (Å²) in [5, 5.41) is 11.4. The molecule has 0 amide bonds. The quantitative estimate of drug-likeness (QED) is 0.421. The van der Waals surface area contributed by atoms with E-state index in [1.165, 1.54) is 42.5 Å². The van der Waals surface area contributed by atoms with Gasteiger partial charge < -0.3 is 0 Å². The molecular weight excluding hydrogens is 375 g/mol. The molecular formula is C15H12Cl2N2O4S. The minimum absolute atomic E-state index is 0.0387. The van der Waals surface area contributed by atoms with Crippen molar-refractivity contribution in [1.29, 1.82) is 0 Å². The monoisotopic (exact) mass is 386 g/mol. The Labute approximate surface area is 149 Å². The fourth-order valence-corrected chi connectivity index (χ4v) is 3.74. The Kier molecular flexibility index (Phi) is 5.48. The molecule has 24 heavy (non-hydrogen) atoms. The molecule has 0 spiro atoms. The number of nitrogens with zero attached hydrogens (tertiary/aromatic N) is 2. The van der Waals surface area contributed by atoms with Crippen LogP contribution in [0.3, 0.4) is 0 Å². The van der Waals surface area contributed by atoms with E-state index in [0.717, 1.165) is 10.4 Å². The van der Waals surface area contributed by atoms with E-state index in [1.807, 2.05) is 0 Å². The molecule has 0 fully saturated rings. The fraction of sp³-hybridized carbons (Fsp3) is 0.0667. The predicted octanol–water partition coefficient (Wildman–Crippen LogP) is 4.28. The van der Waals surface area contributed by atoms with Gasteiger partial charge in [0.2, 0.25) is 0 Å². The van der Waals surface area contributed by atoms with Crippen molar-refractivity contribution in [3.8, 4) is 0 Å². The molecule has 0 aromatic heterocycles. The van der Waals surface area contributed by atoms with Crippen LogP contribution in [-0.2, 0) is 10.0 Å². The van der Waals surface area contributed by atoms with Gasteiger partial charge in [0.1, 0.15) is 0 Å². The maximum Gasteiger partial charge on any atom is 0.270 e. The second kappa shape index (κ2) is 7.21. The lowest BCUT2D eigenvalue weighted by atomic mass is 10.3. The molecule has 2 rings (SSSR count). The summed E-state index contributed by atoms with van der Waals surface area (Å²) < 4.78 is 26.8. The summed E-state index contributed by atoms with van der Waals surface area (Å²) in [5.41, 5.74) is -0.0421. The van der Waals surface area contributed by atoms with E-state index in [-0.39, 0.29) is 32.9 Å². The highest BCUT2D eigenvalue weighted by Gasteiger charge is 2.26. The van der Waals surface area contributed by atoms with Gasteiger partial charge in [0.15, 0.2) is 0 Å². The number of anilines is 1. The lowest BCUT2D eigenvalue weighted by molar-refractivity contribution is -0.385. The van der Waals surface area contributed by atoms with Crippen molar-refractivity contribution in [3.63, 3.8) is 0 Å². The first kappa shape index (κ1) is 18.3. The highest BCUT2D eigenvalue weighted by Crippen LogP contribution is 2.31. The van der Waals surface area contributed by atoms with Gasteiger partial charge in [-0.05, 0) is 24.3 Å². The second-order valence-corrected chi connectivity index (χ2v) is 7.35. The van der Waals surface area contributed by atoms with Crippen molar-refractivity contribution < 1.29 is 13.3 Å². The third-order valence-corrected chi connectivity index (χ3v) is 5.63. The van der Waals surface area contributed by atoms with Gasteiger partial charge in [-0.2, -0.15) is 0 Å². The summed E-state index contributed by atoms with van der Waals surface area (Å²) in [6, 6.07) is 9.19. The van der Waals surface area contributed by atoms with Crippen molar-refractivity contribution in [2.75, 3.05) is 10.8 Å². The zero-order valence-corrected chi connectivity index (χ0v) is 14.6. The molecule has 0 atom stereocenters. The number of halogens is 2. The Morgan fingerprint density at radius 2 is 1.88 bits per heavy atom. The van der Waals surface area contributed by atoms with Crippen molar-refractivity contribution >= 4 is 44.6 Å². The topological polar surface area (TPSA) is 80.5 Å². The van der Waals surface area contributed by atoms with Crippen molar-refractivity contribution in [1.82, 2.24) is 0 Å². The van der Waals surface area contributed by atoms with E-state index in [9.17, 15) is 18.5 Å². The van der Waals surface area contributed by atoms with Gasteiger partial charge in [0, 0.05) is 12.1 Å². The fourth-order valence-electron chi connectivity index (χ4n) is 1.98. The lowest BCUT2D eigenvalue weighted by Crippen LogP contribution is -2.31. The molecule has 0 aliphatic rings. The molecule has 6 nitrogen and oxygen atoms in total. The molecule has 0 unspecified atom stereocenters. The van der Waals surface area contributed by atoms with Crippen molar-refractivity contribution in [2.45, 2.75) is 4.90 Å². The zero-order valence-electron chi connectivity index (χ0n) is 12.2. The summed E-state index contributed by atoms with van der Waals surface area (Å²) in [4.78, 5) is 10.0. The number of sulfonamides is 1. The van der Waals surface area contributed by atoms with Crippen LogP contribution in [0.1, 0.15) is 0 Å². The molecule has 0 aliphatic carbocycles. The molecule has 0 radical (unpaired) electrons. The standard InChI is InChI=1S/C15H12Cl2N2O4S/c1-2-8-18(11-6-7-14(16)15(17)10-11)24(22,23)13-5-3-4-12(9-13)19(20)21/h2-7,9-10H,1,8H2. The molecule has 0 aliphatic heterocycles. The molecule has 0 saturated carbocycles. The summed E-state index contributed by atoms with van der Waals surface area (Å²) in [6.07, 6.45) is 1.40. The van der Waals surface area contributed by atoms with Gasteiger partial charge in [-0.3, -0.25) is 14.4 Å². The highest BCUT2D eigenvalue weighted by atomic mass is 35.5. The second-order valence-electron chi connectivity index (χ2n) is 4.68. The van der Waals surface area contributed by atoms with Crippen molar-refractivity contribution in [3.05, 3.63) is 75.3 Å². The first-order chi connectivity index (χ1) is 11.3. The number of nitro benzene ring substituents is 1. The minimum Gasteiger partial charge on any atom is -0.262 e. The largest absolute Gasteiger partial charge is 0.270 e. The van der Waals surface area contributed by atoms with Gasteiger partial charge in [-0.25, -0.2) is 8.42 Å². The first-order valence-corrected chi connectivity index (χ1v) is 8.80. The first-order valence-electron chi connectivity index (χ1n) is 6.60.